The molecule has 1 fully saturated rings. The van der Waals surface area contributed by atoms with Crippen LogP contribution in [0.2, 0.25) is 0 Å². The molecule has 0 aliphatic carbocycles. The Bertz CT molecular complexity index is 157. The molecule has 0 spiro atoms. The first kappa shape index (κ1) is 12.3. The van der Waals surface area contributed by atoms with Gasteiger partial charge in [-0.05, 0) is 38.7 Å². The summed E-state index contributed by atoms with van der Waals surface area (Å²) in [5.41, 5.74) is 0. The van der Waals surface area contributed by atoms with E-state index >= 15 is 0 Å². The molecule has 0 saturated carbocycles. The van der Waals surface area contributed by atoms with Gasteiger partial charge in [0.2, 0.25) is 0 Å². The normalized spacial score (nSPS) is 25.9. The van der Waals surface area contributed by atoms with Crippen molar-refractivity contribution in [3.8, 4) is 0 Å². The maximum Gasteiger partial charge on any atom is 0.0229 e. The van der Waals surface area contributed by atoms with Crippen molar-refractivity contribution in [3.05, 3.63) is 0 Å². The van der Waals surface area contributed by atoms with Crippen LogP contribution in [0.3, 0.4) is 0 Å². The first-order chi connectivity index (χ1) is 6.67. The predicted molar refractivity (Wildman–Crippen MR) is 66.2 cm³/mol. The highest BCUT2D eigenvalue weighted by molar-refractivity contribution is 7.80. The lowest BCUT2D eigenvalue weighted by molar-refractivity contribution is 0.247. The summed E-state index contributed by atoms with van der Waals surface area (Å²) < 4.78 is 0. The van der Waals surface area contributed by atoms with E-state index in [0.717, 1.165) is 17.7 Å². The molecular weight excluding hydrogens is 192 g/mol. The van der Waals surface area contributed by atoms with Crippen molar-refractivity contribution in [2.24, 2.45) is 5.92 Å². The van der Waals surface area contributed by atoms with E-state index in [1.165, 1.54) is 32.5 Å². The summed E-state index contributed by atoms with van der Waals surface area (Å²) >= 11 is 4.39. The smallest absolute Gasteiger partial charge is 0.0229 e. The molecule has 1 heterocycles. The van der Waals surface area contributed by atoms with E-state index < -0.39 is 0 Å². The molecule has 1 aliphatic heterocycles. The molecule has 84 valence electrons. The molecule has 3 heteroatoms. The van der Waals surface area contributed by atoms with E-state index in [1.54, 1.807) is 0 Å². The van der Waals surface area contributed by atoms with Gasteiger partial charge < -0.3 is 9.80 Å². The molecule has 0 bridgehead atoms. The maximum atomic E-state index is 4.39. The average molecular weight is 216 g/mol. The fourth-order valence-corrected chi connectivity index (χ4v) is 2.45. The molecule has 0 radical (unpaired) electrons. The Morgan fingerprint density at radius 1 is 1.50 bits per heavy atom. The van der Waals surface area contributed by atoms with Gasteiger partial charge in [-0.3, -0.25) is 0 Å². The Morgan fingerprint density at radius 2 is 2.21 bits per heavy atom. The number of rotatable bonds is 5. The van der Waals surface area contributed by atoms with Gasteiger partial charge in [0.05, 0.1) is 0 Å². The largest absolute Gasteiger partial charge is 0.305 e. The summed E-state index contributed by atoms with van der Waals surface area (Å²) in [6.45, 7) is 6.02. The molecular formula is C11H24N2S. The highest BCUT2D eigenvalue weighted by atomic mass is 32.1. The molecule has 2 nitrogen and oxygen atoms in total. The topological polar surface area (TPSA) is 6.48 Å². The van der Waals surface area contributed by atoms with Gasteiger partial charge in [0, 0.05) is 19.1 Å². The monoisotopic (exact) mass is 216 g/mol. The summed E-state index contributed by atoms with van der Waals surface area (Å²) in [6, 6.07) is 0.771. The van der Waals surface area contributed by atoms with Crippen LogP contribution in [0, 0.1) is 5.92 Å². The Balaban J connectivity index is 2.28. The minimum Gasteiger partial charge on any atom is -0.305 e. The Hall–Kier alpha value is 0.270. The third-order valence-corrected chi connectivity index (χ3v) is 3.85. The number of likely N-dealkylation sites (N-methyl/N-ethyl adjacent to an activating group) is 1. The molecule has 0 aromatic rings. The highest BCUT2D eigenvalue weighted by Gasteiger charge is 2.24. The van der Waals surface area contributed by atoms with Crippen molar-refractivity contribution in [2.75, 3.05) is 39.5 Å². The van der Waals surface area contributed by atoms with Gasteiger partial charge in [0.1, 0.15) is 0 Å². The summed E-state index contributed by atoms with van der Waals surface area (Å²) in [5, 5.41) is 0. The van der Waals surface area contributed by atoms with Gasteiger partial charge in [-0.25, -0.2) is 0 Å². The zero-order valence-electron chi connectivity index (χ0n) is 9.74. The Labute approximate surface area is 94.1 Å². The van der Waals surface area contributed by atoms with Gasteiger partial charge in [0.15, 0.2) is 0 Å². The van der Waals surface area contributed by atoms with Gasteiger partial charge in [-0.15, -0.1) is 0 Å². The number of thiol groups is 1. The summed E-state index contributed by atoms with van der Waals surface area (Å²) in [4.78, 5) is 4.94. The third-order valence-electron chi connectivity index (χ3n) is 3.33. The second-order valence-electron chi connectivity index (χ2n) is 4.62. The first-order valence-corrected chi connectivity index (χ1v) is 6.30. The zero-order chi connectivity index (χ0) is 10.6. The lowest BCUT2D eigenvalue weighted by atomic mass is 10.1. The SMILES string of the molecule is CCC(CS)CN1CCC(N(C)C)C1. The standard InChI is InChI=1S/C11H24N2S/c1-4-10(9-14)7-13-6-5-11(8-13)12(2)3/h10-11,14H,4-9H2,1-3H3. The van der Waals surface area contributed by atoms with Crippen LogP contribution in [-0.2, 0) is 0 Å². The van der Waals surface area contributed by atoms with Crippen molar-refractivity contribution in [1.82, 2.24) is 9.80 Å². The second kappa shape index (κ2) is 5.99. The van der Waals surface area contributed by atoms with Crippen LogP contribution in [0.5, 0.6) is 0 Å². The number of likely N-dealkylation sites (tertiary alicyclic amines) is 1. The molecule has 1 aliphatic rings. The molecule has 2 atom stereocenters. The van der Waals surface area contributed by atoms with Crippen LogP contribution < -0.4 is 0 Å². The molecule has 14 heavy (non-hydrogen) atoms. The number of hydrogen-bond donors (Lipinski definition) is 1. The zero-order valence-corrected chi connectivity index (χ0v) is 10.6. The van der Waals surface area contributed by atoms with E-state index in [0.29, 0.717) is 0 Å². The van der Waals surface area contributed by atoms with E-state index in [1.807, 2.05) is 0 Å². The van der Waals surface area contributed by atoms with Gasteiger partial charge in [-0.1, -0.05) is 13.3 Å². The predicted octanol–water partition coefficient (Wildman–Crippen LogP) is 1.58. The molecule has 2 unspecified atom stereocenters. The minimum atomic E-state index is 0.771. The molecule has 0 aromatic carbocycles. The van der Waals surface area contributed by atoms with Crippen LogP contribution in [0.4, 0.5) is 0 Å². The van der Waals surface area contributed by atoms with Crippen LogP contribution in [0.15, 0.2) is 0 Å². The third kappa shape index (κ3) is 3.44. The molecule has 0 amide bonds. The van der Waals surface area contributed by atoms with Crippen LogP contribution in [-0.4, -0.2) is 55.3 Å². The highest BCUT2D eigenvalue weighted by Crippen LogP contribution is 2.16. The van der Waals surface area contributed by atoms with Crippen LogP contribution >= 0.6 is 12.6 Å². The van der Waals surface area contributed by atoms with E-state index in [-0.39, 0.29) is 0 Å². The van der Waals surface area contributed by atoms with Crippen LogP contribution in [0.25, 0.3) is 0 Å². The fourth-order valence-electron chi connectivity index (χ4n) is 2.08. The minimum absolute atomic E-state index is 0.771. The summed E-state index contributed by atoms with van der Waals surface area (Å²) in [7, 11) is 4.37. The fraction of sp³-hybridized carbons (Fsp3) is 1.00. The lowest BCUT2D eigenvalue weighted by Gasteiger charge is -2.23. The van der Waals surface area contributed by atoms with Crippen molar-refractivity contribution in [1.29, 1.82) is 0 Å². The summed E-state index contributed by atoms with van der Waals surface area (Å²) in [5.74, 6) is 1.80. The second-order valence-corrected chi connectivity index (χ2v) is 4.99. The lowest BCUT2D eigenvalue weighted by Crippen LogP contribution is -2.33. The maximum absolute atomic E-state index is 4.39. The average Bonchev–Trinajstić information content (AvgIpc) is 2.62. The van der Waals surface area contributed by atoms with Gasteiger partial charge >= 0.3 is 0 Å². The van der Waals surface area contributed by atoms with Crippen molar-refractivity contribution in [2.45, 2.75) is 25.8 Å². The van der Waals surface area contributed by atoms with E-state index in [4.69, 9.17) is 0 Å². The van der Waals surface area contributed by atoms with Gasteiger partial charge in [-0.2, -0.15) is 12.6 Å². The molecule has 1 saturated heterocycles. The quantitative estimate of drug-likeness (QED) is 0.697. The van der Waals surface area contributed by atoms with Crippen molar-refractivity contribution >= 4 is 12.6 Å². The molecule has 1 rings (SSSR count). The van der Waals surface area contributed by atoms with Crippen molar-refractivity contribution < 1.29 is 0 Å². The Kier molecular flexibility index (Phi) is 5.28. The number of nitrogens with zero attached hydrogens (tertiary/aromatic N) is 2. The summed E-state index contributed by atoms with van der Waals surface area (Å²) in [6.07, 6.45) is 2.59. The van der Waals surface area contributed by atoms with Crippen molar-refractivity contribution in [3.63, 3.8) is 0 Å². The number of hydrogen-bond acceptors (Lipinski definition) is 3. The van der Waals surface area contributed by atoms with Crippen LogP contribution in [0.1, 0.15) is 19.8 Å². The van der Waals surface area contributed by atoms with E-state index in [2.05, 4.69) is 43.4 Å². The van der Waals surface area contributed by atoms with Gasteiger partial charge in [0.25, 0.3) is 0 Å². The Morgan fingerprint density at radius 3 is 2.64 bits per heavy atom. The first-order valence-electron chi connectivity index (χ1n) is 5.67. The molecule has 0 N–H and O–H groups in total. The van der Waals surface area contributed by atoms with E-state index in [9.17, 15) is 0 Å². The molecule has 0 aromatic heterocycles.